The maximum absolute atomic E-state index is 11.8. The van der Waals surface area contributed by atoms with Crippen molar-refractivity contribution in [3.63, 3.8) is 0 Å². The largest absolute Gasteiger partial charge is 0.491 e. The van der Waals surface area contributed by atoms with E-state index in [0.717, 1.165) is 25.4 Å². The molecule has 0 radical (unpaired) electrons. The Hall–Kier alpha value is -1.55. The zero-order valence-electron chi connectivity index (χ0n) is 12.8. The van der Waals surface area contributed by atoms with E-state index in [1.165, 1.54) is 5.56 Å². The first-order valence-electron chi connectivity index (χ1n) is 7.19. The van der Waals surface area contributed by atoms with Crippen LogP contribution in [-0.4, -0.2) is 48.5 Å². The van der Waals surface area contributed by atoms with Crippen molar-refractivity contribution in [2.24, 2.45) is 0 Å². The molecular formula is C16H24N2O2. The molecule has 0 N–H and O–H groups in total. The highest BCUT2D eigenvalue weighted by Gasteiger charge is 2.28. The SMILES string of the molecule is CC(=O)N1CCN(C)C[C@@H]1c1ccc(OC(C)C)cc1. The monoisotopic (exact) mass is 276 g/mol. The van der Waals surface area contributed by atoms with Crippen LogP contribution in [0.25, 0.3) is 0 Å². The molecule has 2 rings (SSSR count). The van der Waals surface area contributed by atoms with Crippen molar-refractivity contribution >= 4 is 5.91 Å². The zero-order valence-corrected chi connectivity index (χ0v) is 12.8. The lowest BCUT2D eigenvalue weighted by molar-refractivity contribution is -0.133. The summed E-state index contributed by atoms with van der Waals surface area (Å²) in [7, 11) is 2.10. The fraction of sp³-hybridized carbons (Fsp3) is 0.562. The van der Waals surface area contributed by atoms with E-state index in [-0.39, 0.29) is 18.1 Å². The van der Waals surface area contributed by atoms with E-state index in [2.05, 4.69) is 24.1 Å². The van der Waals surface area contributed by atoms with Crippen molar-refractivity contribution in [2.45, 2.75) is 32.9 Å². The smallest absolute Gasteiger partial charge is 0.220 e. The van der Waals surface area contributed by atoms with Gasteiger partial charge >= 0.3 is 0 Å². The second-order valence-corrected chi connectivity index (χ2v) is 5.73. The number of nitrogens with zero attached hydrogens (tertiary/aromatic N) is 2. The van der Waals surface area contributed by atoms with Gasteiger partial charge in [-0.25, -0.2) is 0 Å². The van der Waals surface area contributed by atoms with E-state index >= 15 is 0 Å². The Labute approximate surface area is 121 Å². The van der Waals surface area contributed by atoms with Crippen molar-refractivity contribution < 1.29 is 9.53 Å². The van der Waals surface area contributed by atoms with Crippen LogP contribution in [0, 0.1) is 0 Å². The minimum absolute atomic E-state index is 0.138. The highest BCUT2D eigenvalue weighted by atomic mass is 16.5. The van der Waals surface area contributed by atoms with Crippen molar-refractivity contribution in [1.82, 2.24) is 9.80 Å². The van der Waals surface area contributed by atoms with Crippen LogP contribution in [0.5, 0.6) is 5.75 Å². The van der Waals surface area contributed by atoms with E-state index in [1.807, 2.05) is 30.9 Å². The third kappa shape index (κ3) is 3.51. The molecule has 1 aromatic rings. The van der Waals surface area contributed by atoms with Gasteiger partial charge in [-0.05, 0) is 38.6 Å². The van der Waals surface area contributed by atoms with E-state index in [0.29, 0.717) is 0 Å². The van der Waals surface area contributed by atoms with Crippen LogP contribution in [-0.2, 0) is 4.79 Å². The van der Waals surface area contributed by atoms with E-state index in [4.69, 9.17) is 4.74 Å². The molecule has 0 saturated carbocycles. The molecule has 0 bridgehead atoms. The Kier molecular flexibility index (Phi) is 4.65. The van der Waals surface area contributed by atoms with Gasteiger partial charge in [0.25, 0.3) is 0 Å². The lowest BCUT2D eigenvalue weighted by atomic mass is 10.0. The van der Waals surface area contributed by atoms with Crippen molar-refractivity contribution in [3.8, 4) is 5.75 Å². The van der Waals surface area contributed by atoms with Gasteiger partial charge in [-0.15, -0.1) is 0 Å². The minimum Gasteiger partial charge on any atom is -0.491 e. The van der Waals surface area contributed by atoms with E-state index in [9.17, 15) is 4.79 Å². The fourth-order valence-electron chi connectivity index (χ4n) is 2.62. The molecule has 1 aromatic carbocycles. The Balaban J connectivity index is 2.17. The molecule has 4 nitrogen and oxygen atoms in total. The summed E-state index contributed by atoms with van der Waals surface area (Å²) in [4.78, 5) is 16.0. The van der Waals surface area contributed by atoms with Gasteiger partial charge in [0.1, 0.15) is 5.75 Å². The van der Waals surface area contributed by atoms with Gasteiger partial charge < -0.3 is 14.5 Å². The molecule has 1 atom stereocenters. The molecule has 0 aromatic heterocycles. The summed E-state index contributed by atoms with van der Waals surface area (Å²) in [5, 5.41) is 0. The number of likely N-dealkylation sites (N-methyl/N-ethyl adjacent to an activating group) is 1. The maximum atomic E-state index is 11.8. The predicted octanol–water partition coefficient (Wildman–Crippen LogP) is 2.31. The van der Waals surface area contributed by atoms with Gasteiger partial charge in [-0.2, -0.15) is 0 Å². The van der Waals surface area contributed by atoms with Crippen LogP contribution >= 0.6 is 0 Å². The fourth-order valence-corrected chi connectivity index (χ4v) is 2.62. The van der Waals surface area contributed by atoms with Gasteiger partial charge in [0.2, 0.25) is 5.91 Å². The predicted molar refractivity (Wildman–Crippen MR) is 79.8 cm³/mol. The molecule has 0 unspecified atom stereocenters. The standard InChI is InChI=1S/C16H24N2O2/c1-12(2)20-15-7-5-14(6-8-15)16-11-17(4)9-10-18(16)13(3)19/h5-8,12,16H,9-11H2,1-4H3/t16-/m1/s1. The second kappa shape index (κ2) is 6.27. The molecule has 4 heteroatoms. The molecule has 1 aliphatic heterocycles. The van der Waals surface area contributed by atoms with Crippen molar-refractivity contribution in [3.05, 3.63) is 29.8 Å². The summed E-state index contributed by atoms with van der Waals surface area (Å²) < 4.78 is 5.66. The summed E-state index contributed by atoms with van der Waals surface area (Å²) in [6.07, 6.45) is 0.176. The summed E-state index contributed by atoms with van der Waals surface area (Å²) >= 11 is 0. The number of hydrogen-bond donors (Lipinski definition) is 0. The molecule has 0 aliphatic carbocycles. The summed E-state index contributed by atoms with van der Waals surface area (Å²) in [5.41, 5.74) is 1.17. The second-order valence-electron chi connectivity index (χ2n) is 5.73. The number of amides is 1. The van der Waals surface area contributed by atoms with Gasteiger partial charge in [-0.1, -0.05) is 12.1 Å². The van der Waals surface area contributed by atoms with Crippen LogP contribution in [0.2, 0.25) is 0 Å². The molecule has 0 spiro atoms. The van der Waals surface area contributed by atoms with Gasteiger partial charge in [0.05, 0.1) is 12.1 Å². The normalized spacial score (nSPS) is 20.2. The average molecular weight is 276 g/mol. The number of carbonyl (C=O) groups excluding carboxylic acids is 1. The highest BCUT2D eigenvalue weighted by molar-refractivity contribution is 5.74. The molecule has 20 heavy (non-hydrogen) atoms. The first kappa shape index (κ1) is 14.9. The zero-order chi connectivity index (χ0) is 14.7. The molecule has 1 aliphatic rings. The summed E-state index contributed by atoms with van der Waals surface area (Å²) in [6.45, 7) is 8.28. The number of piperazine rings is 1. The number of ether oxygens (including phenoxy) is 1. The topological polar surface area (TPSA) is 32.8 Å². The summed E-state index contributed by atoms with van der Waals surface area (Å²) in [5.74, 6) is 1.02. The first-order chi connectivity index (χ1) is 9.47. The maximum Gasteiger partial charge on any atom is 0.220 e. The van der Waals surface area contributed by atoms with E-state index in [1.54, 1.807) is 6.92 Å². The average Bonchev–Trinajstić information content (AvgIpc) is 2.38. The van der Waals surface area contributed by atoms with Crippen LogP contribution in [0.15, 0.2) is 24.3 Å². The van der Waals surface area contributed by atoms with Crippen LogP contribution in [0.3, 0.4) is 0 Å². The Bertz CT molecular complexity index is 456. The van der Waals surface area contributed by atoms with Crippen molar-refractivity contribution in [2.75, 3.05) is 26.7 Å². The highest BCUT2D eigenvalue weighted by Crippen LogP contribution is 2.26. The number of rotatable bonds is 3. The van der Waals surface area contributed by atoms with E-state index < -0.39 is 0 Å². The molecule has 110 valence electrons. The first-order valence-corrected chi connectivity index (χ1v) is 7.19. The number of hydrogen-bond acceptors (Lipinski definition) is 3. The van der Waals surface area contributed by atoms with Crippen LogP contribution < -0.4 is 4.74 Å². The Morgan fingerprint density at radius 1 is 1.25 bits per heavy atom. The Morgan fingerprint density at radius 3 is 2.45 bits per heavy atom. The van der Waals surface area contributed by atoms with Crippen LogP contribution in [0.1, 0.15) is 32.4 Å². The van der Waals surface area contributed by atoms with Crippen LogP contribution in [0.4, 0.5) is 0 Å². The molecule has 1 saturated heterocycles. The third-order valence-corrected chi connectivity index (χ3v) is 3.62. The van der Waals surface area contributed by atoms with Crippen molar-refractivity contribution in [1.29, 1.82) is 0 Å². The number of carbonyl (C=O) groups is 1. The lowest BCUT2D eigenvalue weighted by Gasteiger charge is -2.39. The quantitative estimate of drug-likeness (QED) is 0.849. The molecule has 1 heterocycles. The molecule has 1 amide bonds. The third-order valence-electron chi connectivity index (χ3n) is 3.62. The number of benzene rings is 1. The van der Waals surface area contributed by atoms with Gasteiger partial charge in [-0.3, -0.25) is 4.79 Å². The lowest BCUT2D eigenvalue weighted by Crippen LogP contribution is -2.48. The minimum atomic E-state index is 0.138. The van der Waals surface area contributed by atoms with Gasteiger partial charge in [0, 0.05) is 26.6 Å². The Morgan fingerprint density at radius 2 is 1.90 bits per heavy atom. The molecule has 1 fully saturated rings. The molecular weight excluding hydrogens is 252 g/mol. The van der Waals surface area contributed by atoms with Gasteiger partial charge in [0.15, 0.2) is 0 Å². The summed E-state index contributed by atoms with van der Waals surface area (Å²) in [6, 6.07) is 8.25.